The first kappa shape index (κ1) is 16.7. The number of nitrogens with zero attached hydrogens (tertiary/aromatic N) is 3. The lowest BCUT2D eigenvalue weighted by atomic mass is 10.2. The topological polar surface area (TPSA) is 68.3 Å². The monoisotopic (exact) mass is 337 g/mol. The van der Waals surface area contributed by atoms with E-state index < -0.39 is 0 Å². The van der Waals surface area contributed by atoms with E-state index in [2.05, 4.69) is 5.10 Å². The molecule has 0 aliphatic carbocycles. The van der Waals surface area contributed by atoms with Crippen LogP contribution in [0.2, 0.25) is 0 Å². The minimum atomic E-state index is -0.343. The summed E-state index contributed by atoms with van der Waals surface area (Å²) in [6, 6.07) is 10.5. The first-order valence-corrected chi connectivity index (χ1v) is 7.91. The molecule has 0 saturated heterocycles. The number of carbonyl (C=O) groups excluding carboxylic acids is 1. The van der Waals surface area contributed by atoms with Gasteiger partial charge in [0.15, 0.2) is 11.2 Å². The van der Waals surface area contributed by atoms with Gasteiger partial charge >= 0.3 is 0 Å². The predicted molar refractivity (Wildman–Crippen MR) is 93.8 cm³/mol. The van der Waals surface area contributed by atoms with Crippen LogP contribution in [0.15, 0.2) is 58.0 Å². The van der Waals surface area contributed by atoms with Gasteiger partial charge in [-0.2, -0.15) is 5.10 Å². The Morgan fingerprint density at radius 2 is 2.00 bits per heavy atom. The van der Waals surface area contributed by atoms with Crippen LogP contribution in [-0.2, 0) is 6.54 Å². The van der Waals surface area contributed by atoms with E-state index in [9.17, 15) is 9.59 Å². The number of hydrogen-bond donors (Lipinski definition) is 0. The van der Waals surface area contributed by atoms with Crippen molar-refractivity contribution >= 4 is 5.91 Å². The largest absolute Gasteiger partial charge is 0.456 e. The van der Waals surface area contributed by atoms with Crippen molar-refractivity contribution in [3.63, 3.8) is 0 Å². The second kappa shape index (κ2) is 6.76. The maximum Gasteiger partial charge on any atom is 0.289 e. The molecule has 0 atom stereocenters. The van der Waals surface area contributed by atoms with Crippen molar-refractivity contribution in [2.45, 2.75) is 20.4 Å². The van der Waals surface area contributed by atoms with Crippen LogP contribution in [0.4, 0.5) is 0 Å². The van der Waals surface area contributed by atoms with E-state index >= 15 is 0 Å². The van der Waals surface area contributed by atoms with Crippen LogP contribution in [0.3, 0.4) is 0 Å². The van der Waals surface area contributed by atoms with Gasteiger partial charge in [-0.1, -0.05) is 18.2 Å². The second-order valence-electron chi connectivity index (χ2n) is 6.01. The van der Waals surface area contributed by atoms with E-state index in [1.54, 1.807) is 24.9 Å². The van der Waals surface area contributed by atoms with E-state index in [1.807, 2.05) is 37.4 Å². The summed E-state index contributed by atoms with van der Waals surface area (Å²) in [4.78, 5) is 25.5. The Kier molecular flexibility index (Phi) is 4.52. The highest BCUT2D eigenvalue weighted by Crippen LogP contribution is 2.14. The van der Waals surface area contributed by atoms with Crippen LogP contribution in [-0.4, -0.2) is 27.6 Å². The quantitative estimate of drug-likeness (QED) is 0.734. The van der Waals surface area contributed by atoms with Gasteiger partial charge in [-0.25, -0.2) is 4.68 Å². The van der Waals surface area contributed by atoms with Gasteiger partial charge in [0.1, 0.15) is 5.76 Å². The minimum absolute atomic E-state index is 0.0406. The summed E-state index contributed by atoms with van der Waals surface area (Å²) in [5, 5.41) is 4.37. The number of carbonyl (C=O) groups is 1. The lowest BCUT2D eigenvalue weighted by Crippen LogP contribution is -2.27. The highest BCUT2D eigenvalue weighted by molar-refractivity contribution is 5.91. The highest BCUT2D eigenvalue weighted by atomic mass is 16.3. The van der Waals surface area contributed by atoms with Crippen molar-refractivity contribution in [1.82, 2.24) is 14.7 Å². The van der Waals surface area contributed by atoms with Crippen molar-refractivity contribution < 1.29 is 9.21 Å². The van der Waals surface area contributed by atoms with Crippen LogP contribution < -0.4 is 5.43 Å². The number of aromatic nitrogens is 2. The Morgan fingerprint density at radius 1 is 1.24 bits per heavy atom. The van der Waals surface area contributed by atoms with Crippen molar-refractivity contribution in [3.05, 3.63) is 81.7 Å². The zero-order chi connectivity index (χ0) is 18.0. The molecule has 0 saturated carbocycles. The summed E-state index contributed by atoms with van der Waals surface area (Å²) in [5.74, 6) is 0.111. The fourth-order valence-corrected chi connectivity index (χ4v) is 2.64. The summed E-state index contributed by atoms with van der Waals surface area (Å²) in [6.07, 6.45) is 3.61. The standard InChI is InChI=1S/C19H19N3O3/c1-13-6-4-5-7-17(13)22-12-15(10-20-22)11-21(3)19(24)18-9-16(23)8-14(2)25-18/h4-10,12H,11H2,1-3H3. The summed E-state index contributed by atoms with van der Waals surface area (Å²) in [6.45, 7) is 4.03. The average molecular weight is 337 g/mol. The van der Waals surface area contributed by atoms with Gasteiger partial charge in [0.2, 0.25) is 0 Å². The fraction of sp³-hybridized carbons (Fsp3) is 0.211. The Labute approximate surface area is 145 Å². The normalized spacial score (nSPS) is 10.7. The fourth-order valence-electron chi connectivity index (χ4n) is 2.64. The molecular formula is C19H19N3O3. The van der Waals surface area contributed by atoms with Crippen molar-refractivity contribution in [3.8, 4) is 5.69 Å². The third-order valence-electron chi connectivity index (χ3n) is 3.87. The lowest BCUT2D eigenvalue weighted by molar-refractivity contribution is 0.0749. The predicted octanol–water partition coefficient (Wildman–Crippen LogP) is 2.71. The summed E-state index contributed by atoms with van der Waals surface area (Å²) < 4.78 is 7.14. The van der Waals surface area contributed by atoms with Crippen molar-refractivity contribution in [1.29, 1.82) is 0 Å². The van der Waals surface area contributed by atoms with Crippen LogP contribution >= 0.6 is 0 Å². The number of benzene rings is 1. The molecule has 0 spiro atoms. The Bertz CT molecular complexity index is 972. The molecule has 6 heteroatoms. The van der Waals surface area contributed by atoms with E-state index in [1.165, 1.54) is 17.0 Å². The van der Waals surface area contributed by atoms with E-state index in [0.29, 0.717) is 12.3 Å². The smallest absolute Gasteiger partial charge is 0.289 e. The lowest BCUT2D eigenvalue weighted by Gasteiger charge is -2.15. The van der Waals surface area contributed by atoms with Gasteiger partial charge in [-0.05, 0) is 25.5 Å². The molecular weight excluding hydrogens is 318 g/mol. The SMILES string of the molecule is Cc1cc(=O)cc(C(=O)N(C)Cc2cnn(-c3ccccc3C)c2)o1. The van der Waals surface area contributed by atoms with Gasteiger partial charge < -0.3 is 9.32 Å². The molecule has 6 nitrogen and oxygen atoms in total. The molecule has 0 fully saturated rings. The molecule has 0 aliphatic heterocycles. The highest BCUT2D eigenvalue weighted by Gasteiger charge is 2.16. The molecule has 2 heterocycles. The van der Waals surface area contributed by atoms with Crippen LogP contribution in [0, 0.1) is 13.8 Å². The third-order valence-corrected chi connectivity index (χ3v) is 3.87. The molecule has 0 bridgehead atoms. The first-order chi connectivity index (χ1) is 11.9. The molecule has 3 aromatic rings. The second-order valence-corrected chi connectivity index (χ2v) is 6.01. The zero-order valence-corrected chi connectivity index (χ0v) is 14.4. The minimum Gasteiger partial charge on any atom is -0.456 e. The van der Waals surface area contributed by atoms with E-state index in [0.717, 1.165) is 16.8 Å². The van der Waals surface area contributed by atoms with Gasteiger partial charge in [0, 0.05) is 37.5 Å². The summed E-state index contributed by atoms with van der Waals surface area (Å²) >= 11 is 0. The first-order valence-electron chi connectivity index (χ1n) is 7.91. The van der Waals surface area contributed by atoms with E-state index in [-0.39, 0.29) is 17.1 Å². The molecule has 128 valence electrons. The van der Waals surface area contributed by atoms with Crippen LogP contribution in [0.25, 0.3) is 5.69 Å². The number of hydrogen-bond acceptors (Lipinski definition) is 4. The summed E-state index contributed by atoms with van der Waals surface area (Å²) in [7, 11) is 1.66. The summed E-state index contributed by atoms with van der Waals surface area (Å²) in [5.41, 5.74) is 2.75. The number of aryl methyl sites for hydroxylation is 2. The maximum absolute atomic E-state index is 12.5. The van der Waals surface area contributed by atoms with Crippen LogP contribution in [0.5, 0.6) is 0 Å². The molecule has 2 aromatic heterocycles. The molecule has 0 aliphatic rings. The molecule has 1 aromatic carbocycles. The average Bonchev–Trinajstić information content (AvgIpc) is 3.01. The maximum atomic E-state index is 12.5. The molecule has 0 unspecified atom stereocenters. The molecule has 0 radical (unpaired) electrons. The Morgan fingerprint density at radius 3 is 2.72 bits per heavy atom. The van der Waals surface area contributed by atoms with Gasteiger partial charge in [-0.3, -0.25) is 9.59 Å². The number of rotatable bonds is 4. The third kappa shape index (κ3) is 3.68. The zero-order valence-electron chi connectivity index (χ0n) is 14.4. The van der Waals surface area contributed by atoms with E-state index in [4.69, 9.17) is 4.42 Å². The van der Waals surface area contributed by atoms with Crippen molar-refractivity contribution in [2.75, 3.05) is 7.05 Å². The van der Waals surface area contributed by atoms with Crippen molar-refractivity contribution in [2.24, 2.45) is 0 Å². The Hall–Kier alpha value is -3.15. The van der Waals surface area contributed by atoms with Gasteiger partial charge in [0.25, 0.3) is 5.91 Å². The molecule has 3 rings (SSSR count). The van der Waals surface area contributed by atoms with Gasteiger partial charge in [0.05, 0.1) is 11.9 Å². The Balaban J connectivity index is 1.77. The molecule has 1 amide bonds. The van der Waals surface area contributed by atoms with Crippen LogP contribution in [0.1, 0.15) is 27.4 Å². The number of amides is 1. The number of para-hydroxylation sites is 1. The molecule has 0 N–H and O–H groups in total. The molecule has 25 heavy (non-hydrogen) atoms. The van der Waals surface area contributed by atoms with Gasteiger partial charge in [-0.15, -0.1) is 0 Å².